The molecule has 0 bridgehead atoms. The Kier molecular flexibility index (Phi) is 6.90. The van der Waals surface area contributed by atoms with Crippen LogP contribution >= 0.6 is 0 Å². The Balaban J connectivity index is 1.13. The highest BCUT2D eigenvalue weighted by atomic mass is 14.8. The Morgan fingerprint density at radius 2 is 0.964 bits per heavy atom. The molecule has 2 aromatic heterocycles. The first-order valence-electron chi connectivity index (χ1n) is 18.9. The van der Waals surface area contributed by atoms with Crippen molar-refractivity contribution >= 4 is 43.2 Å². The van der Waals surface area contributed by atoms with E-state index < -0.39 is 0 Å². The first kappa shape index (κ1) is 31.5. The van der Waals surface area contributed by atoms with E-state index in [2.05, 4.69) is 159 Å². The van der Waals surface area contributed by atoms with Crippen LogP contribution in [0.4, 0.5) is 0 Å². The number of rotatable bonds is 4. The highest BCUT2D eigenvalue weighted by molar-refractivity contribution is 6.21. The van der Waals surface area contributed by atoms with E-state index in [1.807, 2.05) is 30.6 Å². The van der Waals surface area contributed by atoms with Crippen molar-refractivity contribution in [3.05, 3.63) is 187 Å². The molecule has 3 nitrogen and oxygen atoms in total. The Bertz CT molecular complexity index is 3090. The van der Waals surface area contributed by atoms with Gasteiger partial charge >= 0.3 is 0 Å². The molecule has 10 aromatic rings. The van der Waals surface area contributed by atoms with Gasteiger partial charge in [0.15, 0.2) is 0 Å². The van der Waals surface area contributed by atoms with Gasteiger partial charge in [0.05, 0.1) is 35.0 Å². The van der Waals surface area contributed by atoms with E-state index in [0.29, 0.717) is 0 Å². The van der Waals surface area contributed by atoms with Crippen LogP contribution in [0, 0.1) is 0 Å². The molecule has 11 rings (SSSR count). The zero-order valence-corrected chi connectivity index (χ0v) is 30.6. The first-order valence-corrected chi connectivity index (χ1v) is 18.9. The Hall–Kier alpha value is -6.97. The average Bonchev–Trinajstić information content (AvgIpc) is 3.47. The van der Waals surface area contributed by atoms with Gasteiger partial charge in [0.25, 0.3) is 0 Å². The summed E-state index contributed by atoms with van der Waals surface area (Å²) in [5, 5.41) is 8.36. The molecule has 55 heavy (non-hydrogen) atoms. The van der Waals surface area contributed by atoms with Crippen molar-refractivity contribution in [3.8, 4) is 56.0 Å². The topological polar surface area (TPSA) is 38.7 Å². The van der Waals surface area contributed by atoms with Crippen LogP contribution in [-0.4, -0.2) is 15.0 Å². The van der Waals surface area contributed by atoms with Gasteiger partial charge in [-0.2, -0.15) is 0 Å². The molecule has 0 spiro atoms. The van der Waals surface area contributed by atoms with Crippen molar-refractivity contribution in [2.24, 2.45) is 0 Å². The van der Waals surface area contributed by atoms with Crippen LogP contribution in [0.3, 0.4) is 0 Å². The molecule has 258 valence electrons. The fourth-order valence-corrected chi connectivity index (χ4v) is 9.23. The highest BCUT2D eigenvalue weighted by Gasteiger charge is 2.39. The number of hydrogen-bond donors (Lipinski definition) is 0. The predicted octanol–water partition coefficient (Wildman–Crippen LogP) is 13.5. The third-order valence-electron chi connectivity index (χ3n) is 11.7. The van der Waals surface area contributed by atoms with E-state index >= 15 is 0 Å². The van der Waals surface area contributed by atoms with Gasteiger partial charge in [-0.3, -0.25) is 9.97 Å². The third-order valence-corrected chi connectivity index (χ3v) is 11.7. The van der Waals surface area contributed by atoms with E-state index in [1.54, 1.807) is 0 Å². The lowest BCUT2D eigenvalue weighted by Gasteiger charge is -2.26. The van der Waals surface area contributed by atoms with Gasteiger partial charge < -0.3 is 0 Å². The van der Waals surface area contributed by atoms with Crippen LogP contribution in [0.25, 0.3) is 99.2 Å². The van der Waals surface area contributed by atoms with Crippen molar-refractivity contribution in [1.82, 2.24) is 15.0 Å². The first-order chi connectivity index (χ1) is 27.1. The number of pyridine rings is 1. The molecular weight excluding hydrogens is 667 g/mol. The van der Waals surface area contributed by atoms with E-state index in [9.17, 15) is 0 Å². The Labute approximate surface area is 319 Å². The summed E-state index contributed by atoms with van der Waals surface area (Å²) in [6.07, 6.45) is 3.81. The summed E-state index contributed by atoms with van der Waals surface area (Å²) >= 11 is 0. The van der Waals surface area contributed by atoms with Crippen LogP contribution in [0.2, 0.25) is 0 Å². The molecule has 0 radical (unpaired) electrons. The van der Waals surface area contributed by atoms with Crippen LogP contribution in [0.15, 0.2) is 176 Å². The van der Waals surface area contributed by atoms with Crippen molar-refractivity contribution in [1.29, 1.82) is 0 Å². The molecule has 0 N–H and O–H groups in total. The zero-order valence-electron chi connectivity index (χ0n) is 30.6. The molecular formula is C52H35N3. The summed E-state index contributed by atoms with van der Waals surface area (Å²) in [6.45, 7) is 4.71. The third kappa shape index (κ3) is 4.73. The summed E-state index contributed by atoms with van der Waals surface area (Å²) in [4.78, 5) is 15.3. The minimum Gasteiger partial charge on any atom is -0.252 e. The SMILES string of the molecule is CC1(C)c2ccccc2-c2nc3ccc4ccccc4c3c(-c3ccc(-c4c5ccccc5c(-c5cnc(-c6ccccc6)cn5)c5ccccc45)cc3)c21. The zero-order chi connectivity index (χ0) is 36.7. The summed E-state index contributed by atoms with van der Waals surface area (Å²) in [5.41, 5.74) is 14.5. The molecule has 8 aromatic carbocycles. The van der Waals surface area contributed by atoms with Crippen LogP contribution in [0.1, 0.15) is 25.0 Å². The normalized spacial score (nSPS) is 13.1. The molecule has 0 atom stereocenters. The second kappa shape index (κ2) is 12.0. The summed E-state index contributed by atoms with van der Waals surface area (Å²) in [6, 6.07) is 58.9. The van der Waals surface area contributed by atoms with E-state index in [-0.39, 0.29) is 5.41 Å². The quantitative estimate of drug-likeness (QED) is 0.135. The molecule has 0 fully saturated rings. The van der Waals surface area contributed by atoms with Gasteiger partial charge in [0, 0.05) is 27.5 Å². The number of fused-ring (bicyclic) bond motifs is 8. The minimum absolute atomic E-state index is 0.220. The second-order valence-corrected chi connectivity index (χ2v) is 15.1. The maximum Gasteiger partial charge on any atom is 0.0898 e. The lowest BCUT2D eigenvalue weighted by molar-refractivity contribution is 0.662. The maximum absolute atomic E-state index is 5.41. The van der Waals surface area contributed by atoms with Crippen molar-refractivity contribution in [3.63, 3.8) is 0 Å². The van der Waals surface area contributed by atoms with Crippen molar-refractivity contribution in [2.45, 2.75) is 19.3 Å². The number of nitrogens with zero attached hydrogens (tertiary/aromatic N) is 3. The predicted molar refractivity (Wildman–Crippen MR) is 229 cm³/mol. The van der Waals surface area contributed by atoms with E-state index in [4.69, 9.17) is 15.0 Å². The van der Waals surface area contributed by atoms with Gasteiger partial charge in [-0.05, 0) is 71.8 Å². The van der Waals surface area contributed by atoms with Crippen LogP contribution < -0.4 is 0 Å². The van der Waals surface area contributed by atoms with E-state index in [1.165, 1.54) is 65.9 Å². The molecule has 0 unspecified atom stereocenters. The molecule has 3 heteroatoms. The fourth-order valence-electron chi connectivity index (χ4n) is 9.23. The number of hydrogen-bond acceptors (Lipinski definition) is 3. The van der Waals surface area contributed by atoms with Gasteiger partial charge in [-0.15, -0.1) is 0 Å². The molecule has 0 aliphatic heterocycles. The Morgan fingerprint density at radius 1 is 0.418 bits per heavy atom. The average molecular weight is 702 g/mol. The number of aromatic nitrogens is 3. The van der Waals surface area contributed by atoms with Crippen LogP contribution in [0.5, 0.6) is 0 Å². The molecule has 0 saturated heterocycles. The van der Waals surface area contributed by atoms with Gasteiger partial charge in [-0.1, -0.05) is 172 Å². The summed E-state index contributed by atoms with van der Waals surface area (Å²) in [5.74, 6) is 0. The summed E-state index contributed by atoms with van der Waals surface area (Å²) in [7, 11) is 0. The molecule has 1 aliphatic rings. The Morgan fingerprint density at radius 3 is 1.64 bits per heavy atom. The molecule has 2 heterocycles. The van der Waals surface area contributed by atoms with Crippen LogP contribution in [-0.2, 0) is 5.41 Å². The molecule has 0 saturated carbocycles. The molecule has 0 amide bonds. The van der Waals surface area contributed by atoms with E-state index in [0.717, 1.165) is 44.5 Å². The fraction of sp³-hybridized carbons (Fsp3) is 0.0577. The highest BCUT2D eigenvalue weighted by Crippen LogP contribution is 2.54. The minimum atomic E-state index is -0.220. The number of benzene rings is 8. The van der Waals surface area contributed by atoms with Gasteiger partial charge in [0.1, 0.15) is 0 Å². The van der Waals surface area contributed by atoms with Gasteiger partial charge in [-0.25, -0.2) is 4.98 Å². The molecule has 1 aliphatic carbocycles. The maximum atomic E-state index is 5.41. The van der Waals surface area contributed by atoms with Gasteiger partial charge in [0.2, 0.25) is 0 Å². The second-order valence-electron chi connectivity index (χ2n) is 15.1. The van der Waals surface area contributed by atoms with Crippen molar-refractivity contribution in [2.75, 3.05) is 0 Å². The largest absolute Gasteiger partial charge is 0.252 e. The lowest BCUT2D eigenvalue weighted by Crippen LogP contribution is -2.16. The summed E-state index contributed by atoms with van der Waals surface area (Å²) < 4.78 is 0. The lowest BCUT2D eigenvalue weighted by atomic mass is 9.77. The monoisotopic (exact) mass is 701 g/mol. The van der Waals surface area contributed by atoms with Crippen molar-refractivity contribution < 1.29 is 0 Å². The standard InChI is InChI=1S/C52H35N3/c1-52(2)42-23-13-12-22-41(42)51-50(52)47(49-36-17-7-6-14-32(36)28-29-43(49)55-51)35-26-24-34(25-27-35)46-37-18-8-10-20-39(37)48(40-21-11-9-19-38(40)46)45-31-53-44(30-54-45)33-15-4-3-5-16-33/h3-31H,1-2H3. The smallest absolute Gasteiger partial charge is 0.0898 e.